The number of rotatable bonds is 8. The van der Waals surface area contributed by atoms with E-state index in [0.29, 0.717) is 12.3 Å². The Morgan fingerprint density at radius 1 is 1.20 bits per heavy atom. The van der Waals surface area contributed by atoms with Gasteiger partial charge < -0.3 is 5.32 Å². The molecule has 0 aliphatic heterocycles. The Balaban J connectivity index is 2.09. The van der Waals surface area contributed by atoms with Crippen molar-refractivity contribution in [2.75, 3.05) is 0 Å². The van der Waals surface area contributed by atoms with Gasteiger partial charge in [-0.25, -0.2) is 0 Å². The van der Waals surface area contributed by atoms with Gasteiger partial charge in [0.2, 0.25) is 5.91 Å². The van der Waals surface area contributed by atoms with Gasteiger partial charge in [-0.1, -0.05) is 57.5 Å². The van der Waals surface area contributed by atoms with Crippen LogP contribution in [0.2, 0.25) is 0 Å². The zero-order chi connectivity index (χ0) is 18.4. The lowest BCUT2D eigenvalue weighted by Gasteiger charge is -2.19. The van der Waals surface area contributed by atoms with Crippen molar-refractivity contribution in [3.63, 3.8) is 0 Å². The number of nitrogens with zero attached hydrogens (tertiary/aromatic N) is 2. The largest absolute Gasteiger partial charge is 0.349 e. The fraction of sp³-hybridized carbons (Fsp3) is 0.524. The third kappa shape index (κ3) is 5.18. The van der Waals surface area contributed by atoms with Crippen molar-refractivity contribution in [2.45, 2.75) is 66.5 Å². The molecule has 25 heavy (non-hydrogen) atoms. The number of carbonyl (C=O) groups excluding carboxylic acids is 1. The molecule has 4 nitrogen and oxygen atoms in total. The summed E-state index contributed by atoms with van der Waals surface area (Å²) in [5, 5.41) is 7.82. The number of aryl methyl sites for hydroxylation is 1. The normalized spacial score (nSPS) is 12.4. The van der Waals surface area contributed by atoms with E-state index >= 15 is 0 Å². The maximum absolute atomic E-state index is 12.7. The van der Waals surface area contributed by atoms with Crippen molar-refractivity contribution in [1.29, 1.82) is 0 Å². The topological polar surface area (TPSA) is 46.9 Å². The Morgan fingerprint density at radius 2 is 1.88 bits per heavy atom. The molecule has 1 N–H and O–H groups in total. The summed E-state index contributed by atoms with van der Waals surface area (Å²) in [4.78, 5) is 12.7. The lowest BCUT2D eigenvalue weighted by molar-refractivity contribution is -0.121. The highest BCUT2D eigenvalue weighted by Gasteiger charge is 2.18. The second kappa shape index (κ2) is 8.84. The molecule has 0 saturated heterocycles. The van der Waals surface area contributed by atoms with E-state index < -0.39 is 0 Å². The average Bonchev–Trinajstić information content (AvgIpc) is 2.82. The lowest BCUT2D eigenvalue weighted by Crippen LogP contribution is -2.30. The summed E-state index contributed by atoms with van der Waals surface area (Å²) >= 11 is 0. The van der Waals surface area contributed by atoms with Crippen LogP contribution in [0.5, 0.6) is 0 Å². The average molecular weight is 341 g/mol. The zero-order valence-electron chi connectivity index (χ0n) is 16.2. The molecule has 0 saturated carbocycles. The molecule has 1 aromatic carbocycles. The van der Waals surface area contributed by atoms with Gasteiger partial charge in [-0.15, -0.1) is 0 Å². The molecule has 1 amide bonds. The maximum Gasteiger partial charge on any atom is 0.225 e. The standard InChI is InChI=1S/C21H31N3O/c1-6-10-20(18-11-8-7-9-12-18)22-21(25)13-19-16(4)23-24(17(19)5)14-15(2)3/h7-9,11-12,15,20H,6,10,13-14H2,1-5H3,(H,22,25)/t20-/m0/s1. The summed E-state index contributed by atoms with van der Waals surface area (Å²) < 4.78 is 2.03. The molecule has 0 aliphatic rings. The van der Waals surface area contributed by atoms with Gasteiger partial charge in [-0.2, -0.15) is 5.10 Å². The molecule has 1 aromatic heterocycles. The number of nitrogens with one attached hydrogen (secondary N) is 1. The van der Waals surface area contributed by atoms with Crippen LogP contribution in [-0.2, 0) is 17.8 Å². The SMILES string of the molecule is CCC[C@H](NC(=O)Cc1c(C)nn(CC(C)C)c1C)c1ccccc1. The molecule has 0 aliphatic carbocycles. The van der Waals surface area contributed by atoms with E-state index in [-0.39, 0.29) is 11.9 Å². The molecule has 136 valence electrons. The van der Waals surface area contributed by atoms with Gasteiger partial charge in [-0.05, 0) is 31.7 Å². The second-order valence-corrected chi connectivity index (χ2v) is 7.22. The first-order valence-corrected chi connectivity index (χ1v) is 9.29. The number of aromatic nitrogens is 2. The Hall–Kier alpha value is -2.10. The quantitative estimate of drug-likeness (QED) is 0.775. The van der Waals surface area contributed by atoms with Crippen molar-refractivity contribution < 1.29 is 4.79 Å². The minimum absolute atomic E-state index is 0.0672. The third-order valence-electron chi connectivity index (χ3n) is 4.52. The predicted octanol–water partition coefficient (Wildman–Crippen LogP) is 4.36. The first kappa shape index (κ1) is 19.2. The summed E-state index contributed by atoms with van der Waals surface area (Å²) in [7, 11) is 0. The van der Waals surface area contributed by atoms with Crippen LogP contribution < -0.4 is 5.32 Å². The molecule has 0 bridgehead atoms. The second-order valence-electron chi connectivity index (χ2n) is 7.22. The van der Waals surface area contributed by atoms with E-state index in [1.165, 1.54) is 5.56 Å². The Morgan fingerprint density at radius 3 is 2.48 bits per heavy atom. The Bertz CT molecular complexity index is 689. The number of amides is 1. The van der Waals surface area contributed by atoms with Crippen LogP contribution in [0.15, 0.2) is 30.3 Å². The molecule has 0 radical (unpaired) electrons. The molecule has 0 unspecified atom stereocenters. The van der Waals surface area contributed by atoms with Crippen LogP contribution in [0, 0.1) is 19.8 Å². The molecule has 4 heteroatoms. The minimum Gasteiger partial charge on any atom is -0.349 e. The van der Waals surface area contributed by atoms with E-state index in [4.69, 9.17) is 0 Å². The van der Waals surface area contributed by atoms with Gasteiger partial charge in [-0.3, -0.25) is 9.48 Å². The Kier molecular flexibility index (Phi) is 6.80. The number of carbonyl (C=O) groups is 1. The Labute approximate surface area is 151 Å². The van der Waals surface area contributed by atoms with Crippen LogP contribution in [-0.4, -0.2) is 15.7 Å². The van der Waals surface area contributed by atoms with Gasteiger partial charge in [0, 0.05) is 17.8 Å². The summed E-state index contributed by atoms with van der Waals surface area (Å²) in [6, 6.07) is 10.3. The lowest BCUT2D eigenvalue weighted by atomic mass is 10.0. The highest BCUT2D eigenvalue weighted by atomic mass is 16.1. The molecular weight excluding hydrogens is 310 g/mol. The molecule has 1 atom stereocenters. The molecule has 2 rings (SSSR count). The molecular formula is C21H31N3O. The van der Waals surface area contributed by atoms with Gasteiger partial charge in [0.15, 0.2) is 0 Å². The fourth-order valence-electron chi connectivity index (χ4n) is 3.22. The van der Waals surface area contributed by atoms with Crippen LogP contribution >= 0.6 is 0 Å². The number of benzene rings is 1. The van der Waals surface area contributed by atoms with E-state index in [0.717, 1.165) is 36.3 Å². The van der Waals surface area contributed by atoms with Crippen LogP contribution in [0.25, 0.3) is 0 Å². The third-order valence-corrected chi connectivity index (χ3v) is 4.52. The highest BCUT2D eigenvalue weighted by molar-refractivity contribution is 5.79. The van der Waals surface area contributed by atoms with E-state index in [1.807, 2.05) is 29.8 Å². The molecule has 0 fully saturated rings. The summed E-state index contributed by atoms with van der Waals surface area (Å²) in [6.45, 7) is 11.4. The number of hydrogen-bond donors (Lipinski definition) is 1. The summed E-state index contributed by atoms with van der Waals surface area (Å²) in [5.41, 5.74) is 4.29. The van der Waals surface area contributed by atoms with Crippen molar-refractivity contribution in [1.82, 2.24) is 15.1 Å². The zero-order valence-corrected chi connectivity index (χ0v) is 16.2. The molecule has 1 heterocycles. The smallest absolute Gasteiger partial charge is 0.225 e. The number of hydrogen-bond acceptors (Lipinski definition) is 2. The molecule has 0 spiro atoms. The van der Waals surface area contributed by atoms with Crippen LogP contribution in [0.3, 0.4) is 0 Å². The van der Waals surface area contributed by atoms with Crippen molar-refractivity contribution in [3.8, 4) is 0 Å². The first-order valence-electron chi connectivity index (χ1n) is 9.29. The van der Waals surface area contributed by atoms with E-state index in [2.05, 4.69) is 50.2 Å². The monoisotopic (exact) mass is 341 g/mol. The molecule has 2 aromatic rings. The van der Waals surface area contributed by atoms with Gasteiger partial charge in [0.05, 0.1) is 18.2 Å². The van der Waals surface area contributed by atoms with Gasteiger partial charge >= 0.3 is 0 Å². The van der Waals surface area contributed by atoms with E-state index in [1.54, 1.807) is 0 Å². The van der Waals surface area contributed by atoms with Crippen molar-refractivity contribution in [3.05, 3.63) is 52.8 Å². The van der Waals surface area contributed by atoms with E-state index in [9.17, 15) is 4.79 Å². The minimum atomic E-state index is 0.0672. The highest BCUT2D eigenvalue weighted by Crippen LogP contribution is 2.20. The van der Waals surface area contributed by atoms with Crippen molar-refractivity contribution >= 4 is 5.91 Å². The van der Waals surface area contributed by atoms with Crippen LogP contribution in [0.1, 0.15) is 62.2 Å². The first-order chi connectivity index (χ1) is 11.9. The fourth-order valence-corrected chi connectivity index (χ4v) is 3.22. The predicted molar refractivity (Wildman–Crippen MR) is 102 cm³/mol. The summed E-state index contributed by atoms with van der Waals surface area (Å²) in [6.07, 6.45) is 2.37. The van der Waals surface area contributed by atoms with Crippen LogP contribution in [0.4, 0.5) is 0 Å². The maximum atomic E-state index is 12.7. The summed E-state index contributed by atoms with van der Waals surface area (Å²) in [5.74, 6) is 0.601. The van der Waals surface area contributed by atoms with Gasteiger partial charge in [0.1, 0.15) is 0 Å². The van der Waals surface area contributed by atoms with Crippen molar-refractivity contribution in [2.24, 2.45) is 5.92 Å². The van der Waals surface area contributed by atoms with Gasteiger partial charge in [0.25, 0.3) is 0 Å².